The molecule has 0 radical (unpaired) electrons. The highest BCUT2D eigenvalue weighted by atomic mass is 35.5. The molecule has 1 aliphatic rings. The third-order valence-electron chi connectivity index (χ3n) is 5.05. The molecule has 2 unspecified atom stereocenters. The molecule has 2 atom stereocenters. The second-order valence-corrected chi connectivity index (χ2v) is 7.42. The van der Waals surface area contributed by atoms with Crippen LogP contribution < -0.4 is 5.43 Å². The van der Waals surface area contributed by atoms with Gasteiger partial charge in [0.1, 0.15) is 23.7 Å². The molecule has 0 saturated carbocycles. The lowest BCUT2D eigenvalue weighted by Gasteiger charge is -2.06. The SMILES string of the molecule is O=c1cc(-c2ccccc2)oc(-c2ccc(C3OC3c3ccccc3Cl)cc2)c1. The number of benzene rings is 3. The fraction of sp³-hybridized carbons (Fsp3) is 0.0800. The van der Waals surface area contributed by atoms with Crippen LogP contribution in [0.2, 0.25) is 5.02 Å². The average molecular weight is 401 g/mol. The Labute approximate surface area is 173 Å². The Morgan fingerprint density at radius 3 is 2.00 bits per heavy atom. The Hall–Kier alpha value is -3.14. The third kappa shape index (κ3) is 3.63. The van der Waals surface area contributed by atoms with Gasteiger partial charge in [0.2, 0.25) is 0 Å². The van der Waals surface area contributed by atoms with Crippen LogP contribution in [-0.4, -0.2) is 0 Å². The smallest absolute Gasteiger partial charge is 0.186 e. The Bertz CT molecular complexity index is 1210. The third-order valence-corrected chi connectivity index (χ3v) is 5.40. The Morgan fingerprint density at radius 2 is 1.31 bits per heavy atom. The fourth-order valence-electron chi connectivity index (χ4n) is 3.51. The van der Waals surface area contributed by atoms with Gasteiger partial charge in [-0.2, -0.15) is 0 Å². The molecule has 1 saturated heterocycles. The normalized spacial score (nSPS) is 17.8. The van der Waals surface area contributed by atoms with Crippen LogP contribution in [0.15, 0.2) is 100 Å². The number of ether oxygens (including phenoxy) is 1. The van der Waals surface area contributed by atoms with Crippen molar-refractivity contribution in [2.24, 2.45) is 0 Å². The minimum Gasteiger partial charge on any atom is -0.456 e. The minimum atomic E-state index is -0.0847. The van der Waals surface area contributed by atoms with Gasteiger partial charge in [0.05, 0.1) is 0 Å². The first-order chi connectivity index (χ1) is 14.2. The predicted molar refractivity (Wildman–Crippen MR) is 114 cm³/mol. The van der Waals surface area contributed by atoms with E-state index in [4.69, 9.17) is 20.8 Å². The van der Waals surface area contributed by atoms with Crippen molar-refractivity contribution < 1.29 is 9.15 Å². The molecule has 2 heterocycles. The molecule has 1 fully saturated rings. The van der Waals surface area contributed by atoms with Crippen LogP contribution >= 0.6 is 11.6 Å². The number of hydrogen-bond donors (Lipinski definition) is 0. The van der Waals surface area contributed by atoms with E-state index in [2.05, 4.69) is 0 Å². The first-order valence-electron chi connectivity index (χ1n) is 9.40. The summed E-state index contributed by atoms with van der Waals surface area (Å²) in [6, 6.07) is 28.3. The summed E-state index contributed by atoms with van der Waals surface area (Å²) in [7, 11) is 0. The molecule has 1 aromatic heterocycles. The van der Waals surface area contributed by atoms with Gasteiger partial charge in [0.25, 0.3) is 0 Å². The van der Waals surface area contributed by atoms with Crippen molar-refractivity contribution in [3.05, 3.63) is 117 Å². The maximum atomic E-state index is 12.2. The highest BCUT2D eigenvalue weighted by molar-refractivity contribution is 6.31. The molecule has 0 spiro atoms. The minimum absolute atomic E-state index is 0.00777. The lowest BCUT2D eigenvalue weighted by molar-refractivity contribution is 0.378. The van der Waals surface area contributed by atoms with Crippen LogP contribution in [0.5, 0.6) is 0 Å². The molecule has 0 bridgehead atoms. The lowest BCUT2D eigenvalue weighted by atomic mass is 10.0. The van der Waals surface area contributed by atoms with Crippen LogP contribution in [0.4, 0.5) is 0 Å². The second-order valence-electron chi connectivity index (χ2n) is 7.01. The molecular weight excluding hydrogens is 384 g/mol. The summed E-state index contributed by atoms with van der Waals surface area (Å²) >= 11 is 6.28. The summed E-state index contributed by atoms with van der Waals surface area (Å²) < 4.78 is 11.9. The summed E-state index contributed by atoms with van der Waals surface area (Å²) in [6.45, 7) is 0. The quantitative estimate of drug-likeness (QED) is 0.370. The highest BCUT2D eigenvalue weighted by Gasteiger charge is 2.42. The van der Waals surface area contributed by atoms with E-state index in [-0.39, 0.29) is 17.6 Å². The van der Waals surface area contributed by atoms with Crippen LogP contribution in [0.25, 0.3) is 22.6 Å². The van der Waals surface area contributed by atoms with Gasteiger partial charge in [-0.05, 0) is 11.6 Å². The van der Waals surface area contributed by atoms with E-state index < -0.39 is 0 Å². The van der Waals surface area contributed by atoms with Crippen molar-refractivity contribution in [1.82, 2.24) is 0 Å². The van der Waals surface area contributed by atoms with E-state index in [1.807, 2.05) is 78.9 Å². The van der Waals surface area contributed by atoms with Crippen LogP contribution in [0.1, 0.15) is 23.3 Å². The monoisotopic (exact) mass is 400 g/mol. The molecule has 4 heteroatoms. The van der Waals surface area contributed by atoms with E-state index in [1.165, 1.54) is 12.1 Å². The lowest BCUT2D eigenvalue weighted by Crippen LogP contribution is -1.98. The van der Waals surface area contributed by atoms with Gasteiger partial charge < -0.3 is 9.15 Å². The molecule has 3 aromatic carbocycles. The van der Waals surface area contributed by atoms with Crippen molar-refractivity contribution in [1.29, 1.82) is 0 Å². The molecule has 29 heavy (non-hydrogen) atoms. The van der Waals surface area contributed by atoms with Gasteiger partial charge in [-0.25, -0.2) is 0 Å². The summed E-state index contributed by atoms with van der Waals surface area (Å²) in [4.78, 5) is 12.2. The van der Waals surface area contributed by atoms with E-state index >= 15 is 0 Å². The van der Waals surface area contributed by atoms with Gasteiger partial charge >= 0.3 is 0 Å². The molecule has 4 aromatic rings. The number of epoxide rings is 1. The molecule has 5 rings (SSSR count). The van der Waals surface area contributed by atoms with Crippen LogP contribution in [0.3, 0.4) is 0 Å². The summed E-state index contributed by atoms with van der Waals surface area (Å²) in [5, 5.41) is 0.719. The zero-order valence-corrected chi connectivity index (χ0v) is 16.2. The van der Waals surface area contributed by atoms with Gasteiger partial charge in [0, 0.05) is 33.8 Å². The standard InChI is InChI=1S/C25H17ClO3/c26-21-9-5-4-8-20(21)25-24(29-25)18-12-10-17(11-13-18)23-15-19(27)14-22(28-23)16-6-2-1-3-7-16/h1-15,24-25H. The summed E-state index contributed by atoms with van der Waals surface area (Å²) in [5.41, 5.74) is 3.71. The number of halogens is 1. The van der Waals surface area contributed by atoms with Crippen molar-refractivity contribution in [3.63, 3.8) is 0 Å². The van der Waals surface area contributed by atoms with Gasteiger partial charge in [-0.15, -0.1) is 0 Å². The molecular formula is C25H17ClO3. The Balaban J connectivity index is 1.41. The van der Waals surface area contributed by atoms with Crippen molar-refractivity contribution in [2.75, 3.05) is 0 Å². The van der Waals surface area contributed by atoms with E-state index in [0.29, 0.717) is 11.5 Å². The van der Waals surface area contributed by atoms with E-state index in [9.17, 15) is 4.79 Å². The number of hydrogen-bond acceptors (Lipinski definition) is 3. The molecule has 0 aliphatic carbocycles. The second kappa shape index (κ2) is 7.36. The first kappa shape index (κ1) is 17.9. The van der Waals surface area contributed by atoms with Gasteiger partial charge in [-0.1, -0.05) is 84.4 Å². The highest BCUT2D eigenvalue weighted by Crippen LogP contribution is 2.52. The Kier molecular flexibility index (Phi) is 4.55. The number of rotatable bonds is 4. The van der Waals surface area contributed by atoms with E-state index in [1.54, 1.807) is 0 Å². The van der Waals surface area contributed by atoms with Crippen molar-refractivity contribution in [3.8, 4) is 22.6 Å². The maximum absolute atomic E-state index is 12.2. The average Bonchev–Trinajstić information content (AvgIpc) is 3.55. The predicted octanol–water partition coefficient (Wildman–Crippen LogP) is 6.44. The first-order valence-corrected chi connectivity index (χ1v) is 9.78. The molecule has 0 N–H and O–H groups in total. The van der Waals surface area contributed by atoms with Crippen molar-refractivity contribution in [2.45, 2.75) is 12.2 Å². The molecule has 1 aliphatic heterocycles. The largest absolute Gasteiger partial charge is 0.456 e. The maximum Gasteiger partial charge on any atom is 0.186 e. The van der Waals surface area contributed by atoms with E-state index in [0.717, 1.165) is 27.3 Å². The summed E-state index contributed by atoms with van der Waals surface area (Å²) in [5.74, 6) is 1.10. The molecule has 3 nitrogen and oxygen atoms in total. The van der Waals surface area contributed by atoms with Gasteiger partial charge in [0.15, 0.2) is 5.43 Å². The fourth-order valence-corrected chi connectivity index (χ4v) is 3.75. The zero-order chi connectivity index (χ0) is 19.8. The van der Waals surface area contributed by atoms with Crippen molar-refractivity contribution >= 4 is 11.6 Å². The molecule has 142 valence electrons. The zero-order valence-electron chi connectivity index (χ0n) is 15.4. The van der Waals surface area contributed by atoms with Crippen LogP contribution in [0, 0.1) is 0 Å². The Morgan fingerprint density at radius 1 is 0.690 bits per heavy atom. The van der Waals surface area contributed by atoms with Gasteiger partial charge in [-0.3, -0.25) is 4.79 Å². The summed E-state index contributed by atoms with van der Waals surface area (Å²) in [6.07, 6.45) is -0.0273. The topological polar surface area (TPSA) is 42.7 Å². The molecule has 0 amide bonds. The van der Waals surface area contributed by atoms with Crippen LogP contribution in [-0.2, 0) is 4.74 Å².